The van der Waals surface area contributed by atoms with Crippen molar-refractivity contribution in [3.63, 3.8) is 0 Å². The van der Waals surface area contributed by atoms with E-state index in [0.29, 0.717) is 4.88 Å². The van der Waals surface area contributed by atoms with Gasteiger partial charge in [0.1, 0.15) is 0 Å². The molecule has 0 spiro atoms. The average molecular weight is 309 g/mol. The lowest BCUT2D eigenvalue weighted by atomic mass is 10.1. The van der Waals surface area contributed by atoms with Crippen LogP contribution in [0.1, 0.15) is 34.2 Å². The van der Waals surface area contributed by atoms with E-state index in [-0.39, 0.29) is 31.1 Å². The smallest absolute Gasteiger partial charge is 0.220 e. The molecule has 0 aromatic carbocycles. The van der Waals surface area contributed by atoms with Gasteiger partial charge in [-0.15, -0.1) is 11.3 Å². The number of Topliss-reactive ketones (excluding diaryl/α,β-unsaturated/α-hetero) is 1. The van der Waals surface area contributed by atoms with Crippen molar-refractivity contribution in [2.24, 2.45) is 0 Å². The Balaban J connectivity index is 1.69. The van der Waals surface area contributed by atoms with Crippen LogP contribution < -0.4 is 5.32 Å². The minimum absolute atomic E-state index is 0.0199. The molecule has 0 aliphatic heterocycles. The zero-order chi connectivity index (χ0) is 14.4. The predicted octanol–water partition coefficient (Wildman–Crippen LogP) is 2.62. The Morgan fingerprint density at radius 2 is 2.10 bits per heavy atom. The SMILES string of the molecule is O=C(CCC(=O)c1cccs1)NCC(O)c1ccsc1. The Morgan fingerprint density at radius 3 is 2.75 bits per heavy atom. The molecule has 0 aliphatic carbocycles. The minimum Gasteiger partial charge on any atom is -0.387 e. The van der Waals surface area contributed by atoms with E-state index in [1.54, 1.807) is 6.07 Å². The lowest BCUT2D eigenvalue weighted by molar-refractivity contribution is -0.121. The second-order valence-corrected chi connectivity index (χ2v) is 6.00. The number of aliphatic hydroxyl groups is 1. The summed E-state index contributed by atoms with van der Waals surface area (Å²) in [6, 6.07) is 5.39. The molecule has 106 valence electrons. The fraction of sp³-hybridized carbons (Fsp3) is 0.286. The Morgan fingerprint density at radius 1 is 1.25 bits per heavy atom. The average Bonchev–Trinajstić information content (AvgIpc) is 3.14. The Bertz CT molecular complexity index is 549. The molecule has 0 aliphatic rings. The van der Waals surface area contributed by atoms with E-state index < -0.39 is 6.10 Å². The van der Waals surface area contributed by atoms with Crippen LogP contribution in [0.4, 0.5) is 0 Å². The number of carbonyl (C=O) groups is 2. The molecule has 20 heavy (non-hydrogen) atoms. The van der Waals surface area contributed by atoms with Gasteiger partial charge in [-0.2, -0.15) is 11.3 Å². The summed E-state index contributed by atoms with van der Waals surface area (Å²) in [4.78, 5) is 24.0. The number of amides is 1. The van der Waals surface area contributed by atoms with Crippen LogP contribution in [-0.4, -0.2) is 23.3 Å². The monoisotopic (exact) mass is 309 g/mol. The van der Waals surface area contributed by atoms with Crippen LogP contribution in [-0.2, 0) is 4.79 Å². The van der Waals surface area contributed by atoms with Crippen LogP contribution in [0.25, 0.3) is 0 Å². The van der Waals surface area contributed by atoms with Gasteiger partial charge >= 0.3 is 0 Å². The topological polar surface area (TPSA) is 66.4 Å². The van der Waals surface area contributed by atoms with Crippen LogP contribution >= 0.6 is 22.7 Å². The van der Waals surface area contributed by atoms with Crippen LogP contribution in [0.2, 0.25) is 0 Å². The number of hydrogen-bond acceptors (Lipinski definition) is 5. The summed E-state index contributed by atoms with van der Waals surface area (Å²) in [6.45, 7) is 0.169. The van der Waals surface area contributed by atoms with Gasteiger partial charge in [0.05, 0.1) is 11.0 Å². The number of rotatable bonds is 7. The highest BCUT2D eigenvalue weighted by Gasteiger charge is 2.12. The summed E-state index contributed by atoms with van der Waals surface area (Å²) in [5.74, 6) is -0.238. The minimum atomic E-state index is -0.696. The molecule has 0 radical (unpaired) electrons. The Labute approximate surface area is 125 Å². The standard InChI is InChI=1S/C14H15NO3S2/c16-11(13-2-1-6-20-13)3-4-14(18)15-8-12(17)10-5-7-19-9-10/h1-2,5-7,9,12,17H,3-4,8H2,(H,15,18). The number of aliphatic hydroxyl groups excluding tert-OH is 1. The molecule has 2 heterocycles. The summed E-state index contributed by atoms with van der Waals surface area (Å²) in [6.07, 6.45) is -0.355. The molecule has 6 heteroatoms. The summed E-state index contributed by atoms with van der Waals surface area (Å²) in [7, 11) is 0. The lowest BCUT2D eigenvalue weighted by Gasteiger charge is -2.10. The van der Waals surface area contributed by atoms with Crippen molar-refractivity contribution in [2.45, 2.75) is 18.9 Å². The second-order valence-electron chi connectivity index (χ2n) is 4.28. The van der Waals surface area contributed by atoms with Crippen molar-refractivity contribution in [3.8, 4) is 0 Å². The van der Waals surface area contributed by atoms with Crippen molar-refractivity contribution in [1.82, 2.24) is 5.32 Å². The summed E-state index contributed by atoms with van der Waals surface area (Å²) >= 11 is 2.88. The largest absolute Gasteiger partial charge is 0.387 e. The zero-order valence-electron chi connectivity index (χ0n) is 10.7. The highest BCUT2D eigenvalue weighted by Crippen LogP contribution is 2.15. The maximum Gasteiger partial charge on any atom is 0.220 e. The molecule has 1 unspecified atom stereocenters. The van der Waals surface area contributed by atoms with E-state index in [1.807, 2.05) is 28.3 Å². The number of carbonyl (C=O) groups excluding carboxylic acids is 2. The first-order chi connectivity index (χ1) is 9.66. The molecule has 2 aromatic rings. The van der Waals surface area contributed by atoms with E-state index in [2.05, 4.69) is 5.32 Å². The maximum absolute atomic E-state index is 11.7. The van der Waals surface area contributed by atoms with Gasteiger partial charge in [-0.25, -0.2) is 0 Å². The first kappa shape index (κ1) is 14.9. The number of thiophene rings is 2. The van der Waals surface area contributed by atoms with Gasteiger partial charge in [0.15, 0.2) is 5.78 Å². The Hall–Kier alpha value is -1.50. The fourth-order valence-electron chi connectivity index (χ4n) is 1.67. The predicted molar refractivity (Wildman–Crippen MR) is 80.2 cm³/mol. The molecular weight excluding hydrogens is 294 g/mol. The van der Waals surface area contributed by atoms with Crippen LogP contribution in [0.5, 0.6) is 0 Å². The van der Waals surface area contributed by atoms with Crippen molar-refractivity contribution in [3.05, 3.63) is 44.8 Å². The third-order valence-electron chi connectivity index (χ3n) is 2.80. The van der Waals surface area contributed by atoms with Gasteiger partial charge in [-0.05, 0) is 33.8 Å². The van der Waals surface area contributed by atoms with Gasteiger partial charge in [-0.1, -0.05) is 6.07 Å². The van der Waals surface area contributed by atoms with Crippen LogP contribution in [0.15, 0.2) is 34.3 Å². The highest BCUT2D eigenvalue weighted by atomic mass is 32.1. The third kappa shape index (κ3) is 4.26. The van der Waals surface area contributed by atoms with E-state index in [9.17, 15) is 14.7 Å². The van der Waals surface area contributed by atoms with Crippen LogP contribution in [0.3, 0.4) is 0 Å². The lowest BCUT2D eigenvalue weighted by Crippen LogP contribution is -2.28. The van der Waals surface area contributed by atoms with E-state index in [0.717, 1.165) is 5.56 Å². The number of ketones is 1. The highest BCUT2D eigenvalue weighted by molar-refractivity contribution is 7.12. The number of hydrogen-bond donors (Lipinski definition) is 2. The van der Waals surface area contributed by atoms with Crippen molar-refractivity contribution >= 4 is 34.4 Å². The van der Waals surface area contributed by atoms with Gasteiger partial charge < -0.3 is 10.4 Å². The molecule has 0 bridgehead atoms. The van der Waals surface area contributed by atoms with E-state index in [4.69, 9.17) is 0 Å². The molecule has 2 aromatic heterocycles. The normalized spacial score (nSPS) is 12.1. The van der Waals surface area contributed by atoms with Gasteiger partial charge in [0, 0.05) is 19.4 Å². The first-order valence-corrected chi connectivity index (χ1v) is 8.02. The fourth-order valence-corrected chi connectivity index (χ4v) is 3.07. The molecular formula is C14H15NO3S2. The molecule has 2 rings (SSSR count). The molecule has 4 nitrogen and oxygen atoms in total. The maximum atomic E-state index is 11.7. The Kier molecular flexibility index (Phi) is 5.46. The van der Waals surface area contributed by atoms with Crippen molar-refractivity contribution in [2.75, 3.05) is 6.54 Å². The zero-order valence-corrected chi connectivity index (χ0v) is 12.4. The van der Waals surface area contributed by atoms with Gasteiger partial charge in [0.25, 0.3) is 0 Å². The molecule has 0 fully saturated rings. The quantitative estimate of drug-likeness (QED) is 0.773. The number of nitrogens with one attached hydrogen (secondary N) is 1. The molecule has 1 amide bonds. The third-order valence-corrected chi connectivity index (χ3v) is 4.41. The molecule has 2 N–H and O–H groups in total. The summed E-state index contributed by atoms with van der Waals surface area (Å²) < 4.78 is 0. The van der Waals surface area contributed by atoms with Crippen molar-refractivity contribution in [1.29, 1.82) is 0 Å². The van der Waals surface area contributed by atoms with E-state index >= 15 is 0 Å². The van der Waals surface area contributed by atoms with Crippen molar-refractivity contribution < 1.29 is 14.7 Å². The van der Waals surface area contributed by atoms with Gasteiger partial charge in [0.2, 0.25) is 5.91 Å². The van der Waals surface area contributed by atoms with Crippen LogP contribution in [0, 0.1) is 0 Å². The molecule has 1 atom stereocenters. The van der Waals surface area contributed by atoms with Gasteiger partial charge in [-0.3, -0.25) is 9.59 Å². The molecule has 0 saturated heterocycles. The summed E-state index contributed by atoms with van der Waals surface area (Å²) in [5.41, 5.74) is 0.796. The second kappa shape index (κ2) is 7.33. The first-order valence-electron chi connectivity index (χ1n) is 6.20. The summed E-state index contributed by atoms with van der Waals surface area (Å²) in [5, 5.41) is 18.0. The molecule has 0 saturated carbocycles. The van der Waals surface area contributed by atoms with E-state index in [1.165, 1.54) is 22.7 Å².